The maximum absolute atomic E-state index is 11.7. The predicted molar refractivity (Wildman–Crippen MR) is 69.3 cm³/mol. The van der Waals surface area contributed by atoms with Gasteiger partial charge in [0.25, 0.3) is 4.96 Å². The van der Waals surface area contributed by atoms with Crippen molar-refractivity contribution in [1.29, 1.82) is 0 Å². The van der Waals surface area contributed by atoms with E-state index in [4.69, 9.17) is 0 Å². The zero-order valence-electron chi connectivity index (χ0n) is 10.1. The molecule has 1 amide bonds. The van der Waals surface area contributed by atoms with Crippen LogP contribution in [0.5, 0.6) is 0 Å². The number of likely N-dealkylation sites (N-methyl/N-ethyl adjacent to an activating group) is 1. The summed E-state index contributed by atoms with van der Waals surface area (Å²) in [6.45, 7) is 2.95. The maximum atomic E-state index is 11.7. The van der Waals surface area contributed by atoms with E-state index in [9.17, 15) is 14.9 Å². The molecule has 0 N–H and O–H groups in total. The van der Waals surface area contributed by atoms with E-state index < -0.39 is 4.92 Å². The van der Waals surface area contributed by atoms with Crippen molar-refractivity contribution in [3.8, 4) is 0 Å². The lowest BCUT2D eigenvalue weighted by atomic mass is 10.5. The molecule has 1 aliphatic heterocycles. The van der Waals surface area contributed by atoms with E-state index in [1.807, 2.05) is 6.92 Å². The fourth-order valence-corrected chi connectivity index (χ4v) is 2.86. The molecule has 0 aromatic carbocycles. The molecule has 2 aromatic rings. The first kappa shape index (κ1) is 11.9. The summed E-state index contributed by atoms with van der Waals surface area (Å²) in [5.41, 5.74) is 0. The number of carbonyl (C=O) groups is 1. The van der Waals surface area contributed by atoms with Gasteiger partial charge in [0, 0.05) is 11.9 Å². The number of amides is 1. The van der Waals surface area contributed by atoms with E-state index in [1.165, 1.54) is 15.7 Å². The van der Waals surface area contributed by atoms with Gasteiger partial charge in [0.15, 0.2) is 0 Å². The molecule has 1 aliphatic rings. The van der Waals surface area contributed by atoms with Crippen molar-refractivity contribution in [2.75, 3.05) is 24.7 Å². The zero-order valence-corrected chi connectivity index (χ0v) is 11.0. The summed E-state index contributed by atoms with van der Waals surface area (Å²) in [4.78, 5) is 30.6. The number of nitro groups is 1. The quantitative estimate of drug-likeness (QED) is 0.617. The average Bonchev–Trinajstić information content (AvgIpc) is 2.99. The summed E-state index contributed by atoms with van der Waals surface area (Å²) in [6, 6.07) is 0. The number of nitrogens with zero attached hydrogens (tertiary/aromatic N) is 5. The van der Waals surface area contributed by atoms with Gasteiger partial charge >= 0.3 is 5.82 Å². The van der Waals surface area contributed by atoms with E-state index in [2.05, 4.69) is 4.98 Å². The lowest BCUT2D eigenvalue weighted by molar-refractivity contribution is -0.389. The lowest BCUT2D eigenvalue weighted by Crippen LogP contribution is -2.27. The minimum atomic E-state index is -0.457. The Hall–Kier alpha value is -2.16. The Morgan fingerprint density at radius 3 is 3.00 bits per heavy atom. The highest BCUT2D eigenvalue weighted by atomic mass is 32.1. The third-order valence-corrected chi connectivity index (χ3v) is 3.85. The zero-order chi connectivity index (χ0) is 13.6. The largest absolute Gasteiger partial charge is 0.373 e. The monoisotopic (exact) mass is 281 g/mol. The van der Waals surface area contributed by atoms with Gasteiger partial charge in [0.1, 0.15) is 12.7 Å². The molecule has 100 valence electrons. The topological polar surface area (TPSA) is 84.0 Å². The van der Waals surface area contributed by atoms with Crippen LogP contribution in [0.1, 0.15) is 6.92 Å². The summed E-state index contributed by atoms with van der Waals surface area (Å²) in [5, 5.41) is 13.0. The number of aromatic nitrogens is 2. The molecule has 0 saturated carbocycles. The fourth-order valence-electron chi connectivity index (χ4n) is 2.16. The number of imidazole rings is 1. The lowest BCUT2D eigenvalue weighted by Gasteiger charge is -2.15. The molecule has 0 spiro atoms. The summed E-state index contributed by atoms with van der Waals surface area (Å²) >= 11 is 1.33. The molecule has 0 radical (unpaired) electrons. The molecule has 0 bridgehead atoms. The van der Waals surface area contributed by atoms with Crippen LogP contribution in [0.15, 0.2) is 11.6 Å². The number of hydrogen-bond acceptors (Lipinski definition) is 6. The van der Waals surface area contributed by atoms with Crippen molar-refractivity contribution in [2.45, 2.75) is 6.92 Å². The average molecular weight is 281 g/mol. The molecular formula is C10H11N5O3S. The number of anilines is 1. The van der Waals surface area contributed by atoms with E-state index in [0.717, 1.165) is 0 Å². The van der Waals surface area contributed by atoms with Crippen molar-refractivity contribution < 1.29 is 9.72 Å². The van der Waals surface area contributed by atoms with E-state index in [1.54, 1.807) is 21.4 Å². The molecule has 0 atom stereocenters. The SMILES string of the molecule is CCN1CN(c2nc3sccn3c2[N+](=O)[O-])CC1=O. The van der Waals surface area contributed by atoms with Crippen molar-refractivity contribution in [3.63, 3.8) is 0 Å². The highest BCUT2D eigenvalue weighted by molar-refractivity contribution is 7.15. The standard InChI is InChI=1S/C10H11N5O3S/c1-2-12-6-13(5-7(12)16)8-9(15(17)18)14-3-4-19-10(14)11-8/h3-4H,2,5-6H2,1H3. The smallest absolute Gasteiger partial charge is 0.358 e. The van der Waals surface area contributed by atoms with Crippen molar-refractivity contribution in [3.05, 3.63) is 21.7 Å². The Labute approximate surface area is 112 Å². The molecule has 0 unspecified atom stereocenters. The maximum Gasteiger partial charge on any atom is 0.373 e. The molecule has 2 aromatic heterocycles. The van der Waals surface area contributed by atoms with E-state index >= 15 is 0 Å². The van der Waals surface area contributed by atoms with Crippen LogP contribution in [-0.4, -0.2) is 44.9 Å². The molecule has 19 heavy (non-hydrogen) atoms. The first-order valence-electron chi connectivity index (χ1n) is 5.74. The van der Waals surface area contributed by atoms with Gasteiger partial charge in [0.05, 0.1) is 6.67 Å². The van der Waals surface area contributed by atoms with Gasteiger partial charge in [-0.1, -0.05) is 11.3 Å². The first-order chi connectivity index (χ1) is 9.11. The van der Waals surface area contributed by atoms with Crippen LogP contribution in [-0.2, 0) is 4.79 Å². The van der Waals surface area contributed by atoms with E-state index in [-0.39, 0.29) is 24.1 Å². The van der Waals surface area contributed by atoms with Gasteiger partial charge in [-0.15, -0.1) is 0 Å². The van der Waals surface area contributed by atoms with Gasteiger partial charge in [-0.25, -0.2) is 0 Å². The number of thiazole rings is 1. The molecule has 8 nitrogen and oxygen atoms in total. The second-order valence-electron chi connectivity index (χ2n) is 4.16. The summed E-state index contributed by atoms with van der Waals surface area (Å²) in [7, 11) is 0. The second kappa shape index (κ2) is 4.19. The van der Waals surface area contributed by atoms with Gasteiger partial charge in [-0.2, -0.15) is 9.38 Å². The van der Waals surface area contributed by atoms with Crippen LogP contribution in [0.3, 0.4) is 0 Å². The van der Waals surface area contributed by atoms with Crippen molar-refractivity contribution in [1.82, 2.24) is 14.3 Å². The summed E-state index contributed by atoms with van der Waals surface area (Å²) in [6.07, 6.45) is 1.62. The third kappa shape index (κ3) is 1.73. The van der Waals surface area contributed by atoms with Crippen molar-refractivity contribution in [2.24, 2.45) is 0 Å². The summed E-state index contributed by atoms with van der Waals surface area (Å²) < 4.78 is 1.44. The molecule has 1 fully saturated rings. The van der Waals surface area contributed by atoms with Gasteiger partial charge in [-0.3, -0.25) is 4.79 Å². The number of rotatable bonds is 3. The van der Waals surface area contributed by atoms with Crippen LogP contribution >= 0.6 is 11.3 Å². The molecule has 0 aliphatic carbocycles. The Kier molecular flexibility index (Phi) is 2.63. The highest BCUT2D eigenvalue weighted by Crippen LogP contribution is 2.32. The Balaban J connectivity index is 2.05. The van der Waals surface area contributed by atoms with Gasteiger partial charge in [-0.05, 0) is 11.8 Å². The number of carbonyl (C=O) groups excluding carboxylic acids is 1. The first-order valence-corrected chi connectivity index (χ1v) is 6.62. The highest BCUT2D eigenvalue weighted by Gasteiger charge is 2.34. The molecule has 9 heteroatoms. The van der Waals surface area contributed by atoms with Gasteiger partial charge < -0.3 is 19.9 Å². The van der Waals surface area contributed by atoms with Crippen LogP contribution < -0.4 is 4.90 Å². The minimum absolute atomic E-state index is 0.0341. The van der Waals surface area contributed by atoms with Crippen LogP contribution in [0.4, 0.5) is 11.6 Å². The molecule has 3 rings (SSSR count). The Morgan fingerprint density at radius 1 is 1.58 bits per heavy atom. The normalized spacial score (nSPS) is 15.7. The third-order valence-electron chi connectivity index (χ3n) is 3.09. The molecule has 1 saturated heterocycles. The minimum Gasteiger partial charge on any atom is -0.358 e. The second-order valence-corrected chi connectivity index (χ2v) is 5.03. The Bertz CT molecular complexity index is 663. The molecule has 3 heterocycles. The van der Waals surface area contributed by atoms with Crippen LogP contribution in [0.25, 0.3) is 4.96 Å². The number of fused-ring (bicyclic) bond motifs is 1. The predicted octanol–water partition coefficient (Wildman–Crippen LogP) is 0.930. The fraction of sp³-hybridized carbons (Fsp3) is 0.400. The van der Waals surface area contributed by atoms with E-state index in [0.29, 0.717) is 18.2 Å². The van der Waals surface area contributed by atoms with Gasteiger partial charge in [0.2, 0.25) is 11.7 Å². The van der Waals surface area contributed by atoms with Crippen LogP contribution in [0, 0.1) is 10.1 Å². The number of hydrogen-bond donors (Lipinski definition) is 0. The summed E-state index contributed by atoms with van der Waals surface area (Å²) in [5.74, 6) is 0.149. The molecular weight excluding hydrogens is 270 g/mol. The van der Waals surface area contributed by atoms with Crippen molar-refractivity contribution >= 4 is 33.8 Å². The van der Waals surface area contributed by atoms with Crippen LogP contribution in [0.2, 0.25) is 0 Å². The Morgan fingerprint density at radius 2 is 2.37 bits per heavy atom.